The first-order valence-electron chi connectivity index (χ1n) is 5.43. The fraction of sp³-hybridized carbons (Fsp3) is 0.545. The summed E-state index contributed by atoms with van der Waals surface area (Å²) in [5.41, 5.74) is 0.873. The van der Waals surface area contributed by atoms with Crippen LogP contribution in [-0.4, -0.2) is 38.8 Å². The Morgan fingerprint density at radius 3 is 3.12 bits per heavy atom. The van der Waals surface area contributed by atoms with Gasteiger partial charge in [-0.3, -0.25) is 14.4 Å². The Kier molecular flexibility index (Phi) is 3.14. The topological polar surface area (TPSA) is 51.0 Å². The van der Waals surface area contributed by atoms with Crippen LogP contribution >= 0.6 is 0 Å². The van der Waals surface area contributed by atoms with Gasteiger partial charge in [-0.2, -0.15) is 0 Å². The highest BCUT2D eigenvalue weighted by Gasteiger charge is 2.29. The van der Waals surface area contributed by atoms with Gasteiger partial charge in [-0.15, -0.1) is 11.7 Å². The molecule has 1 aromatic rings. The Hall–Kier alpha value is -1.49. The first kappa shape index (κ1) is 11.0. The third kappa shape index (κ3) is 2.19. The lowest BCUT2D eigenvalue weighted by Gasteiger charge is -2.32. The molecular weight excluding hydrogens is 204 g/mol. The number of nitrogens with zero attached hydrogens (tertiary/aromatic N) is 4. The minimum absolute atomic E-state index is 0.0629. The van der Waals surface area contributed by atoms with Crippen LogP contribution in [0.3, 0.4) is 0 Å². The van der Waals surface area contributed by atoms with Crippen LogP contribution < -0.4 is 0 Å². The van der Waals surface area contributed by atoms with E-state index in [1.165, 1.54) is 0 Å². The predicted molar refractivity (Wildman–Crippen MR) is 59.8 cm³/mol. The molecule has 0 radical (unpaired) electrons. The molecule has 5 nitrogen and oxygen atoms in total. The maximum atomic E-state index is 11.5. The summed E-state index contributed by atoms with van der Waals surface area (Å²) in [5.74, 6) is 0.302. The lowest BCUT2D eigenvalue weighted by molar-refractivity contribution is -0.123. The van der Waals surface area contributed by atoms with Gasteiger partial charge < -0.3 is 0 Å². The molecule has 5 heteroatoms. The lowest BCUT2D eigenvalue weighted by atomic mass is 9.99. The first-order chi connectivity index (χ1) is 7.70. The third-order valence-corrected chi connectivity index (χ3v) is 2.87. The largest absolute Gasteiger partial charge is 0.300 e. The van der Waals surface area contributed by atoms with E-state index in [0.29, 0.717) is 18.6 Å². The average molecular weight is 220 g/mol. The molecule has 0 amide bonds. The minimum atomic E-state index is 0.0629. The molecule has 0 aliphatic carbocycles. The fourth-order valence-corrected chi connectivity index (χ4v) is 2.06. The van der Waals surface area contributed by atoms with Crippen molar-refractivity contribution in [2.75, 3.05) is 13.1 Å². The quantitative estimate of drug-likeness (QED) is 0.704. The maximum Gasteiger partial charge on any atom is 0.136 e. The highest BCUT2D eigenvalue weighted by atomic mass is 16.1. The van der Waals surface area contributed by atoms with Crippen molar-refractivity contribution in [3.8, 4) is 0 Å². The molecule has 0 spiro atoms. The normalized spacial score (nSPS) is 22.3. The van der Waals surface area contributed by atoms with Crippen LogP contribution in [0, 0.1) is 0 Å². The van der Waals surface area contributed by atoms with Gasteiger partial charge in [0.1, 0.15) is 11.5 Å². The van der Waals surface area contributed by atoms with Crippen molar-refractivity contribution < 1.29 is 4.79 Å². The Labute approximate surface area is 94.7 Å². The number of piperidine rings is 1. The number of aromatic nitrogens is 3. The predicted octanol–water partition coefficient (Wildman–Crippen LogP) is 0.707. The molecule has 0 N–H and O–H groups in total. The highest BCUT2D eigenvalue weighted by molar-refractivity contribution is 5.80. The van der Waals surface area contributed by atoms with Crippen LogP contribution in [0.15, 0.2) is 18.9 Å². The van der Waals surface area contributed by atoms with Crippen molar-refractivity contribution in [3.63, 3.8) is 0 Å². The molecule has 1 aromatic heterocycles. The van der Waals surface area contributed by atoms with Crippen LogP contribution in [0.2, 0.25) is 0 Å². The molecule has 86 valence electrons. The zero-order valence-corrected chi connectivity index (χ0v) is 9.46. The number of likely N-dealkylation sites (tertiary alicyclic amines) is 1. The smallest absolute Gasteiger partial charge is 0.136 e. The van der Waals surface area contributed by atoms with Crippen LogP contribution in [0.1, 0.15) is 24.6 Å². The number of aryl methyl sites for hydroxylation is 1. The second-order valence-electron chi connectivity index (χ2n) is 4.11. The number of rotatable bonds is 3. The molecule has 0 unspecified atom stereocenters. The molecule has 0 bridgehead atoms. The minimum Gasteiger partial charge on any atom is -0.300 e. The monoisotopic (exact) mass is 220 g/mol. The van der Waals surface area contributed by atoms with Crippen molar-refractivity contribution in [1.29, 1.82) is 0 Å². The number of hydrogen-bond donors (Lipinski definition) is 0. The van der Waals surface area contributed by atoms with E-state index in [1.54, 1.807) is 4.68 Å². The Morgan fingerprint density at radius 1 is 1.69 bits per heavy atom. The highest BCUT2D eigenvalue weighted by Crippen LogP contribution is 2.27. The molecule has 1 fully saturated rings. The molecule has 1 aliphatic heterocycles. The summed E-state index contributed by atoms with van der Waals surface area (Å²) in [7, 11) is 1.83. The van der Waals surface area contributed by atoms with Gasteiger partial charge in [0.15, 0.2) is 0 Å². The van der Waals surface area contributed by atoms with Crippen molar-refractivity contribution in [1.82, 2.24) is 19.9 Å². The van der Waals surface area contributed by atoms with Crippen LogP contribution in [0.25, 0.3) is 0 Å². The number of Topliss-reactive ketones (excluding diaryl/α,β-unsaturated/α-hetero) is 1. The summed E-state index contributed by atoms with van der Waals surface area (Å²) in [6, 6.07) is 0.0629. The first-order valence-corrected chi connectivity index (χ1v) is 5.43. The average Bonchev–Trinajstić information content (AvgIpc) is 2.68. The SMILES string of the molecule is C=CCN1CCC(=O)C[C@H]1c1cn(C)nn1. The number of carbonyl (C=O) groups excluding carboxylic acids is 1. The number of carbonyl (C=O) groups is 1. The van der Waals surface area contributed by atoms with Crippen molar-refractivity contribution >= 4 is 5.78 Å². The molecule has 0 saturated carbocycles. The molecule has 1 atom stereocenters. The van der Waals surface area contributed by atoms with Gasteiger partial charge in [-0.25, -0.2) is 0 Å². The molecule has 2 heterocycles. The van der Waals surface area contributed by atoms with Gasteiger partial charge in [0, 0.05) is 39.2 Å². The molecule has 1 aliphatic rings. The van der Waals surface area contributed by atoms with E-state index < -0.39 is 0 Å². The second kappa shape index (κ2) is 4.57. The molecular formula is C11H16N4O. The Balaban J connectivity index is 2.19. The molecule has 1 saturated heterocycles. The Morgan fingerprint density at radius 2 is 2.50 bits per heavy atom. The molecule has 16 heavy (non-hydrogen) atoms. The van der Waals surface area contributed by atoms with Crippen molar-refractivity contribution in [2.24, 2.45) is 7.05 Å². The van der Waals surface area contributed by atoms with Crippen LogP contribution in [-0.2, 0) is 11.8 Å². The van der Waals surface area contributed by atoms with E-state index in [4.69, 9.17) is 0 Å². The van der Waals surface area contributed by atoms with E-state index in [0.717, 1.165) is 18.8 Å². The summed E-state index contributed by atoms with van der Waals surface area (Å²) < 4.78 is 1.67. The number of ketones is 1. The fourth-order valence-electron chi connectivity index (χ4n) is 2.06. The van der Waals surface area contributed by atoms with Gasteiger partial charge in [0.2, 0.25) is 0 Å². The second-order valence-corrected chi connectivity index (χ2v) is 4.11. The van der Waals surface area contributed by atoms with Gasteiger partial charge in [-0.1, -0.05) is 11.3 Å². The zero-order valence-electron chi connectivity index (χ0n) is 9.46. The molecule has 2 rings (SSSR count). The zero-order chi connectivity index (χ0) is 11.5. The summed E-state index contributed by atoms with van der Waals surface area (Å²) in [4.78, 5) is 13.7. The maximum absolute atomic E-state index is 11.5. The van der Waals surface area contributed by atoms with Crippen LogP contribution in [0.5, 0.6) is 0 Å². The summed E-state index contributed by atoms with van der Waals surface area (Å²) in [6.07, 6.45) is 4.90. The lowest BCUT2D eigenvalue weighted by Crippen LogP contribution is -2.37. The standard InChI is InChI=1S/C11H16N4O/c1-3-5-15-6-4-9(16)7-11(15)10-8-14(2)13-12-10/h3,8,11H,1,4-7H2,2H3/t11-/m0/s1. The van der Waals surface area contributed by atoms with Crippen molar-refractivity contribution in [3.05, 3.63) is 24.5 Å². The summed E-state index contributed by atoms with van der Waals surface area (Å²) in [5, 5.41) is 8.01. The third-order valence-electron chi connectivity index (χ3n) is 2.87. The Bertz CT molecular complexity index is 398. The summed E-state index contributed by atoms with van der Waals surface area (Å²) >= 11 is 0. The van der Waals surface area contributed by atoms with E-state index in [2.05, 4.69) is 21.8 Å². The van der Waals surface area contributed by atoms with Crippen LogP contribution in [0.4, 0.5) is 0 Å². The van der Waals surface area contributed by atoms with Gasteiger partial charge in [0.25, 0.3) is 0 Å². The van der Waals surface area contributed by atoms with E-state index in [-0.39, 0.29) is 6.04 Å². The molecule has 0 aromatic carbocycles. The van der Waals surface area contributed by atoms with Gasteiger partial charge in [-0.05, 0) is 0 Å². The van der Waals surface area contributed by atoms with E-state index in [1.807, 2.05) is 19.3 Å². The van der Waals surface area contributed by atoms with Gasteiger partial charge in [0.05, 0.1) is 6.04 Å². The van der Waals surface area contributed by atoms with E-state index in [9.17, 15) is 4.79 Å². The summed E-state index contributed by atoms with van der Waals surface area (Å²) in [6.45, 7) is 5.31. The van der Waals surface area contributed by atoms with Crippen molar-refractivity contribution in [2.45, 2.75) is 18.9 Å². The van der Waals surface area contributed by atoms with Gasteiger partial charge >= 0.3 is 0 Å². The van der Waals surface area contributed by atoms with E-state index >= 15 is 0 Å². The number of hydrogen-bond acceptors (Lipinski definition) is 4.